The van der Waals surface area contributed by atoms with E-state index in [0.717, 1.165) is 48.5 Å². The molecule has 8 heteroatoms. The minimum Gasteiger partial charge on any atom is -0.354 e. The summed E-state index contributed by atoms with van der Waals surface area (Å²) >= 11 is 0. The van der Waals surface area contributed by atoms with Crippen LogP contribution in [0.4, 0.5) is 5.69 Å². The molecule has 2 aromatic carbocycles. The Morgan fingerprint density at radius 1 is 0.731 bits per heavy atom. The number of guanidine groups is 1. The number of rotatable bonds is 17. The first kappa shape index (κ1) is 40.3. The second-order valence-corrected chi connectivity index (χ2v) is 20.4. The SMILES string of the molecule is CCCC[P+](CCCC)(CCCC)Cc1ccc(NC(=O)C2Cc3ccccc3CN2C(=O)CN=C(NC2CCCCC2)NC2CCCCC2)cc1. The summed E-state index contributed by atoms with van der Waals surface area (Å²) < 4.78 is 0. The van der Waals surface area contributed by atoms with Gasteiger partial charge in [0.25, 0.3) is 0 Å². The highest BCUT2D eigenvalue weighted by Crippen LogP contribution is 2.63. The highest BCUT2D eigenvalue weighted by Gasteiger charge is 2.37. The molecule has 5 rings (SSSR count). The van der Waals surface area contributed by atoms with Crippen LogP contribution in [0.3, 0.4) is 0 Å². The van der Waals surface area contributed by atoms with Crippen molar-refractivity contribution in [2.45, 2.75) is 161 Å². The quantitative estimate of drug-likeness (QED) is 0.0860. The molecule has 0 radical (unpaired) electrons. The highest BCUT2D eigenvalue weighted by atomic mass is 31.2. The molecule has 0 saturated heterocycles. The van der Waals surface area contributed by atoms with Crippen molar-refractivity contribution in [2.24, 2.45) is 4.99 Å². The molecule has 286 valence electrons. The molecule has 2 aliphatic carbocycles. The lowest BCUT2D eigenvalue weighted by molar-refractivity contribution is -0.138. The van der Waals surface area contributed by atoms with Gasteiger partial charge in [-0.05, 0) is 73.8 Å². The number of aliphatic imine (C=N–C) groups is 1. The molecule has 2 saturated carbocycles. The highest BCUT2D eigenvalue weighted by molar-refractivity contribution is 7.75. The molecule has 1 aliphatic heterocycles. The largest absolute Gasteiger partial charge is 0.354 e. The van der Waals surface area contributed by atoms with Crippen LogP contribution >= 0.6 is 7.26 Å². The predicted molar refractivity (Wildman–Crippen MR) is 222 cm³/mol. The van der Waals surface area contributed by atoms with Crippen molar-refractivity contribution in [3.63, 3.8) is 0 Å². The zero-order chi connectivity index (χ0) is 36.6. The van der Waals surface area contributed by atoms with Crippen LogP contribution in [0.25, 0.3) is 0 Å². The first-order valence-electron chi connectivity index (χ1n) is 21.1. The van der Waals surface area contributed by atoms with Gasteiger partial charge in [0.05, 0.1) is 24.6 Å². The zero-order valence-corrected chi connectivity index (χ0v) is 33.7. The number of hydrogen-bond acceptors (Lipinski definition) is 3. The summed E-state index contributed by atoms with van der Waals surface area (Å²) in [7, 11) is -1.07. The number of carbonyl (C=O) groups is 2. The van der Waals surface area contributed by atoms with E-state index in [1.807, 2.05) is 12.1 Å². The summed E-state index contributed by atoms with van der Waals surface area (Å²) in [6.07, 6.45) is 25.8. The Balaban J connectivity index is 1.29. The Labute approximate surface area is 316 Å². The Bertz CT molecular complexity index is 1370. The summed E-state index contributed by atoms with van der Waals surface area (Å²) in [4.78, 5) is 34.8. The third kappa shape index (κ3) is 12.1. The summed E-state index contributed by atoms with van der Waals surface area (Å²) in [5, 5.41) is 10.6. The average molecular weight is 731 g/mol. The molecule has 7 nitrogen and oxygen atoms in total. The van der Waals surface area contributed by atoms with E-state index in [-0.39, 0.29) is 18.4 Å². The van der Waals surface area contributed by atoms with Crippen LogP contribution < -0.4 is 16.0 Å². The van der Waals surface area contributed by atoms with E-state index in [4.69, 9.17) is 4.99 Å². The Morgan fingerprint density at radius 2 is 1.27 bits per heavy atom. The van der Waals surface area contributed by atoms with Gasteiger partial charge in [0.15, 0.2) is 5.96 Å². The lowest BCUT2D eigenvalue weighted by Gasteiger charge is -2.36. The smallest absolute Gasteiger partial charge is 0.247 e. The van der Waals surface area contributed by atoms with Crippen LogP contribution in [0, 0.1) is 0 Å². The molecule has 0 aromatic heterocycles. The number of anilines is 1. The molecule has 52 heavy (non-hydrogen) atoms. The van der Waals surface area contributed by atoms with Gasteiger partial charge in [-0.1, -0.05) is 115 Å². The van der Waals surface area contributed by atoms with E-state index in [1.165, 1.54) is 107 Å². The first-order valence-corrected chi connectivity index (χ1v) is 23.6. The summed E-state index contributed by atoms with van der Waals surface area (Å²) in [6, 6.07) is 17.1. The molecule has 3 aliphatic rings. The van der Waals surface area contributed by atoms with E-state index in [0.29, 0.717) is 25.0 Å². The molecule has 2 fully saturated rings. The molecule has 1 unspecified atom stereocenters. The first-order chi connectivity index (χ1) is 25.4. The molecular weight excluding hydrogens is 661 g/mol. The van der Waals surface area contributed by atoms with Crippen LogP contribution in [0.1, 0.15) is 140 Å². The fraction of sp³-hybridized carbons (Fsp3) is 0.659. The number of hydrogen-bond donors (Lipinski definition) is 3. The maximum atomic E-state index is 14.1. The Hall–Kier alpha value is -2.92. The number of benzene rings is 2. The van der Waals surface area contributed by atoms with Crippen LogP contribution in [0.15, 0.2) is 53.5 Å². The fourth-order valence-corrected chi connectivity index (χ4v) is 13.7. The van der Waals surface area contributed by atoms with Gasteiger partial charge < -0.3 is 20.9 Å². The Kier molecular flexibility index (Phi) is 16.3. The van der Waals surface area contributed by atoms with Crippen LogP contribution in [0.5, 0.6) is 0 Å². The van der Waals surface area contributed by atoms with E-state index >= 15 is 0 Å². The van der Waals surface area contributed by atoms with Gasteiger partial charge >= 0.3 is 0 Å². The van der Waals surface area contributed by atoms with Gasteiger partial charge in [0, 0.05) is 38.0 Å². The molecular formula is C44H69N5O2P+. The van der Waals surface area contributed by atoms with Gasteiger partial charge in [-0.25, -0.2) is 4.99 Å². The second kappa shape index (κ2) is 21.1. The van der Waals surface area contributed by atoms with Crippen molar-refractivity contribution in [2.75, 3.05) is 30.3 Å². The standard InChI is InChI=1S/C44H68N5O2P/c1-4-7-28-52(29-8-5-2,30-9-6-3)34-35-24-26-40(27-25-35)46-43(51)41-31-36-18-16-17-19-37(36)33-49(41)42(50)32-45-44(47-38-20-12-10-13-21-38)48-39-22-14-11-15-23-39/h16-19,24-27,38-39,41H,4-15,20-23,28-34H2,1-3H3,(H2-,45,46,47,48,51)/p+1. The van der Waals surface area contributed by atoms with E-state index in [1.54, 1.807) is 4.90 Å². The van der Waals surface area contributed by atoms with Gasteiger partial charge in [0.1, 0.15) is 12.6 Å². The predicted octanol–water partition coefficient (Wildman–Crippen LogP) is 9.70. The molecule has 0 bridgehead atoms. The van der Waals surface area contributed by atoms with Crippen molar-refractivity contribution in [3.05, 3.63) is 65.2 Å². The van der Waals surface area contributed by atoms with Crippen molar-refractivity contribution in [1.29, 1.82) is 0 Å². The number of nitrogens with zero attached hydrogens (tertiary/aromatic N) is 2. The maximum Gasteiger partial charge on any atom is 0.247 e. The van der Waals surface area contributed by atoms with E-state index in [9.17, 15) is 9.59 Å². The topological polar surface area (TPSA) is 85.8 Å². The van der Waals surface area contributed by atoms with Gasteiger partial charge in [-0.15, -0.1) is 0 Å². The molecule has 2 aromatic rings. The van der Waals surface area contributed by atoms with Crippen LogP contribution in [0.2, 0.25) is 0 Å². The van der Waals surface area contributed by atoms with Gasteiger partial charge in [-0.2, -0.15) is 0 Å². The lowest BCUT2D eigenvalue weighted by atomic mass is 9.93. The molecule has 2 amide bonds. The lowest BCUT2D eigenvalue weighted by Crippen LogP contribution is -2.52. The van der Waals surface area contributed by atoms with E-state index < -0.39 is 13.3 Å². The number of unbranched alkanes of at least 4 members (excludes halogenated alkanes) is 3. The van der Waals surface area contributed by atoms with Crippen molar-refractivity contribution in [3.8, 4) is 0 Å². The van der Waals surface area contributed by atoms with Gasteiger partial charge in [-0.3, -0.25) is 9.59 Å². The maximum absolute atomic E-state index is 14.1. The number of fused-ring (bicyclic) bond motifs is 1. The third-order valence-electron chi connectivity index (χ3n) is 11.8. The summed E-state index contributed by atoms with van der Waals surface area (Å²) in [6.45, 7) is 7.40. The zero-order valence-electron chi connectivity index (χ0n) is 32.8. The molecule has 1 atom stereocenters. The van der Waals surface area contributed by atoms with Crippen LogP contribution in [-0.2, 0) is 28.7 Å². The minimum absolute atomic E-state index is 0.0222. The summed E-state index contributed by atoms with van der Waals surface area (Å²) in [5.74, 6) is 0.525. The summed E-state index contributed by atoms with van der Waals surface area (Å²) in [5.41, 5.74) is 4.44. The molecule has 0 spiro atoms. The average Bonchev–Trinajstić information content (AvgIpc) is 3.18. The van der Waals surface area contributed by atoms with E-state index in [2.05, 4.69) is 73.1 Å². The van der Waals surface area contributed by atoms with Gasteiger partial charge in [0.2, 0.25) is 11.8 Å². The van der Waals surface area contributed by atoms with Crippen LogP contribution in [-0.4, -0.2) is 65.8 Å². The normalized spacial score (nSPS) is 18.4. The Morgan fingerprint density at radius 3 is 1.81 bits per heavy atom. The molecule has 3 N–H and O–H groups in total. The monoisotopic (exact) mass is 731 g/mol. The molecule has 1 heterocycles. The second-order valence-electron chi connectivity index (χ2n) is 16.1. The minimum atomic E-state index is -1.07. The van der Waals surface area contributed by atoms with Crippen molar-refractivity contribution >= 4 is 30.7 Å². The number of amides is 2. The van der Waals surface area contributed by atoms with Crippen molar-refractivity contribution < 1.29 is 9.59 Å². The number of nitrogens with one attached hydrogen (secondary N) is 3. The third-order valence-corrected chi connectivity index (χ3v) is 16.7. The van der Waals surface area contributed by atoms with Crippen molar-refractivity contribution in [1.82, 2.24) is 15.5 Å². The number of carbonyl (C=O) groups excluding carboxylic acids is 2. The fourth-order valence-electron chi connectivity index (χ4n) is 8.63.